The van der Waals surface area contributed by atoms with Crippen LogP contribution >= 0.6 is 15.9 Å². The van der Waals surface area contributed by atoms with Gasteiger partial charge in [0.25, 0.3) is 0 Å². The van der Waals surface area contributed by atoms with Crippen LogP contribution in [0.15, 0.2) is 76.1 Å². The zero-order chi connectivity index (χ0) is 28.5. The molecule has 1 aromatic heterocycles. The van der Waals surface area contributed by atoms with Crippen molar-refractivity contribution in [1.29, 1.82) is 0 Å². The number of aromatic amines is 1. The smallest absolute Gasteiger partial charge is 0.335 e. The number of aromatic nitrogens is 1. The molecule has 1 unspecified atom stereocenters. The Morgan fingerprint density at radius 3 is 2.08 bits per heavy atom. The van der Waals surface area contributed by atoms with E-state index in [9.17, 15) is 18.0 Å². The van der Waals surface area contributed by atoms with Crippen molar-refractivity contribution in [3.8, 4) is 0 Å². The second-order valence-electron chi connectivity index (χ2n) is 9.23. The summed E-state index contributed by atoms with van der Waals surface area (Å²) in [6.07, 6.45) is 0. The minimum atomic E-state index is -4.49. The molecule has 0 aliphatic rings. The quantitative estimate of drug-likeness (QED) is 0.212. The molecule has 0 saturated heterocycles. The predicted octanol–water partition coefficient (Wildman–Crippen LogP) is 5.35. The largest absolute Gasteiger partial charge is 0.467 e. The van der Waals surface area contributed by atoms with Crippen LogP contribution in [-0.2, 0) is 29.1 Å². The fourth-order valence-electron chi connectivity index (χ4n) is 4.61. The van der Waals surface area contributed by atoms with Crippen LogP contribution in [0.25, 0.3) is 10.9 Å². The summed E-state index contributed by atoms with van der Waals surface area (Å²) in [5, 5.41) is 0.981. The highest BCUT2D eigenvalue weighted by molar-refractivity contribution is 9.10. The number of nitrogens with zero attached hydrogens (tertiary/aromatic N) is 1. The van der Waals surface area contributed by atoms with Crippen molar-refractivity contribution in [2.24, 2.45) is 0 Å². The van der Waals surface area contributed by atoms with Gasteiger partial charge in [-0.25, -0.2) is 18.0 Å². The summed E-state index contributed by atoms with van der Waals surface area (Å²) in [4.78, 5) is 29.5. The summed E-state index contributed by atoms with van der Waals surface area (Å²) in [5.41, 5.74) is 4.76. The van der Waals surface area contributed by atoms with Gasteiger partial charge in [0.05, 0.1) is 25.2 Å². The fraction of sp³-hybridized carbons (Fsp3) is 0.241. The molecule has 1 heterocycles. The van der Waals surface area contributed by atoms with Crippen LogP contribution in [0.2, 0.25) is 0 Å². The first-order valence-corrected chi connectivity index (χ1v) is 14.3. The number of rotatable bonds is 8. The van der Waals surface area contributed by atoms with Gasteiger partial charge >= 0.3 is 11.9 Å². The second kappa shape index (κ2) is 11.3. The summed E-state index contributed by atoms with van der Waals surface area (Å²) < 4.78 is 40.3. The molecule has 4 aromatic rings. The number of benzene rings is 3. The Labute approximate surface area is 236 Å². The van der Waals surface area contributed by atoms with E-state index in [-0.39, 0.29) is 4.90 Å². The summed E-state index contributed by atoms with van der Waals surface area (Å²) >= 11 is 3.47. The minimum absolute atomic E-state index is 0.0847. The molecule has 0 aliphatic heterocycles. The van der Waals surface area contributed by atoms with Crippen LogP contribution in [0.5, 0.6) is 0 Å². The monoisotopic (exact) mass is 612 g/mol. The number of carbonyl (C=O) groups is 2. The molecule has 3 aromatic carbocycles. The average Bonchev–Trinajstić information content (AvgIpc) is 3.20. The van der Waals surface area contributed by atoms with Crippen LogP contribution in [0.3, 0.4) is 0 Å². The first kappa shape index (κ1) is 28.5. The van der Waals surface area contributed by atoms with E-state index < -0.39 is 34.0 Å². The molecule has 4 rings (SSSR count). The maximum absolute atomic E-state index is 14.4. The van der Waals surface area contributed by atoms with E-state index in [0.29, 0.717) is 15.6 Å². The van der Waals surface area contributed by atoms with Gasteiger partial charge in [-0.3, -0.25) is 0 Å². The van der Waals surface area contributed by atoms with Crippen molar-refractivity contribution in [1.82, 2.24) is 9.29 Å². The van der Waals surface area contributed by atoms with Crippen molar-refractivity contribution in [2.45, 2.75) is 37.8 Å². The van der Waals surface area contributed by atoms with Crippen molar-refractivity contribution in [3.05, 3.63) is 99.2 Å². The van der Waals surface area contributed by atoms with E-state index in [0.717, 1.165) is 46.2 Å². The van der Waals surface area contributed by atoms with E-state index in [1.165, 1.54) is 12.1 Å². The Morgan fingerprint density at radius 2 is 1.49 bits per heavy atom. The van der Waals surface area contributed by atoms with Gasteiger partial charge in [-0.2, -0.15) is 4.31 Å². The van der Waals surface area contributed by atoms with Crippen molar-refractivity contribution in [3.63, 3.8) is 0 Å². The fourth-order valence-corrected chi connectivity index (χ4v) is 6.72. The Morgan fingerprint density at radius 1 is 0.872 bits per heavy atom. The standard InChI is InChI=1S/C29H29BrN2O6S/c1-17-9-12-23(13-10-17)39(35,36)32(27(28(33)37-4)29(34)38-5)26(20-7-6-8-22(30)15-20)21-11-14-24-18(2)19(3)31-25(24)16-21/h6-16,26-27,31H,1-5H3. The highest BCUT2D eigenvalue weighted by Gasteiger charge is 2.47. The number of methoxy groups -OCH3 is 2. The summed E-state index contributed by atoms with van der Waals surface area (Å²) in [7, 11) is -2.29. The Balaban J connectivity index is 2.08. The molecule has 0 bridgehead atoms. The van der Waals surface area contributed by atoms with Crippen molar-refractivity contribution >= 4 is 48.8 Å². The summed E-state index contributed by atoms with van der Waals surface area (Å²) in [6, 6.07) is 15.8. The van der Waals surface area contributed by atoms with Crippen LogP contribution < -0.4 is 0 Å². The molecule has 0 spiro atoms. The van der Waals surface area contributed by atoms with Crippen molar-refractivity contribution in [2.75, 3.05) is 14.2 Å². The SMILES string of the molecule is COC(=O)C(C(=O)OC)N(C(c1cccc(Br)c1)c1ccc2c(C)c(C)[nH]c2c1)S(=O)(=O)c1ccc(C)cc1. The Hall–Kier alpha value is -3.47. The van der Waals surface area contributed by atoms with E-state index in [4.69, 9.17) is 9.47 Å². The average molecular weight is 614 g/mol. The molecule has 0 aliphatic carbocycles. The van der Waals surface area contributed by atoms with Gasteiger partial charge < -0.3 is 14.5 Å². The number of halogens is 1. The molecule has 8 nitrogen and oxygen atoms in total. The lowest BCUT2D eigenvalue weighted by atomic mass is 9.96. The van der Waals surface area contributed by atoms with Gasteiger partial charge in [-0.15, -0.1) is 0 Å². The zero-order valence-corrected chi connectivity index (χ0v) is 24.6. The van der Waals surface area contributed by atoms with E-state index in [1.807, 2.05) is 32.9 Å². The van der Waals surface area contributed by atoms with Gasteiger partial charge in [-0.1, -0.05) is 57.9 Å². The van der Waals surface area contributed by atoms with Crippen LogP contribution in [0, 0.1) is 20.8 Å². The number of sulfonamides is 1. The number of carbonyl (C=O) groups excluding carboxylic acids is 2. The number of hydrogen-bond acceptors (Lipinski definition) is 6. The molecular formula is C29H29BrN2O6S. The Bertz CT molecular complexity index is 1630. The molecule has 204 valence electrons. The van der Waals surface area contributed by atoms with Gasteiger partial charge in [-0.05, 0) is 67.8 Å². The normalized spacial score (nSPS) is 12.6. The number of aryl methyl sites for hydroxylation is 3. The molecule has 39 heavy (non-hydrogen) atoms. The molecule has 0 fully saturated rings. The predicted molar refractivity (Wildman–Crippen MR) is 152 cm³/mol. The second-order valence-corrected chi connectivity index (χ2v) is 12.0. The maximum atomic E-state index is 14.4. The van der Waals surface area contributed by atoms with Gasteiger partial charge in [0.1, 0.15) is 0 Å². The third-order valence-corrected chi connectivity index (χ3v) is 9.10. The van der Waals surface area contributed by atoms with E-state index in [2.05, 4.69) is 20.9 Å². The number of hydrogen-bond donors (Lipinski definition) is 1. The van der Waals surface area contributed by atoms with E-state index >= 15 is 0 Å². The number of ether oxygens (including phenoxy) is 2. The van der Waals surface area contributed by atoms with Crippen LogP contribution in [-0.4, -0.2) is 49.9 Å². The number of fused-ring (bicyclic) bond motifs is 1. The zero-order valence-electron chi connectivity index (χ0n) is 22.2. The number of H-pyrrole nitrogens is 1. The van der Waals surface area contributed by atoms with Gasteiger partial charge in [0, 0.05) is 21.1 Å². The molecule has 0 saturated carbocycles. The van der Waals surface area contributed by atoms with Gasteiger partial charge in [0.15, 0.2) is 0 Å². The van der Waals surface area contributed by atoms with Crippen LogP contribution in [0.1, 0.15) is 34.0 Å². The molecule has 1 atom stereocenters. The highest BCUT2D eigenvalue weighted by Crippen LogP contribution is 2.38. The van der Waals surface area contributed by atoms with Crippen LogP contribution in [0.4, 0.5) is 0 Å². The molecular weight excluding hydrogens is 584 g/mol. The lowest BCUT2D eigenvalue weighted by Crippen LogP contribution is -2.52. The number of nitrogens with one attached hydrogen (secondary N) is 1. The summed E-state index contributed by atoms with van der Waals surface area (Å²) in [5.74, 6) is -2.13. The third-order valence-electron chi connectivity index (χ3n) is 6.77. The highest BCUT2D eigenvalue weighted by atomic mass is 79.9. The minimum Gasteiger partial charge on any atom is -0.467 e. The first-order chi connectivity index (χ1) is 18.5. The topological polar surface area (TPSA) is 106 Å². The van der Waals surface area contributed by atoms with Crippen molar-refractivity contribution < 1.29 is 27.5 Å². The number of esters is 2. The lowest BCUT2D eigenvalue weighted by Gasteiger charge is -2.35. The maximum Gasteiger partial charge on any atom is 0.335 e. The summed E-state index contributed by atoms with van der Waals surface area (Å²) in [6.45, 7) is 5.79. The third kappa shape index (κ3) is 5.50. The molecule has 0 amide bonds. The molecule has 1 N–H and O–H groups in total. The molecule has 10 heteroatoms. The lowest BCUT2D eigenvalue weighted by molar-refractivity contribution is -0.158. The Kier molecular flexibility index (Phi) is 8.29. The van der Waals surface area contributed by atoms with E-state index in [1.54, 1.807) is 42.5 Å². The first-order valence-electron chi connectivity index (χ1n) is 12.1. The molecule has 0 radical (unpaired) electrons. The van der Waals surface area contributed by atoms with Gasteiger partial charge in [0.2, 0.25) is 16.1 Å².